The van der Waals surface area contributed by atoms with Crippen molar-refractivity contribution in [3.8, 4) is 22.8 Å². The number of hydrogen-bond acceptors (Lipinski definition) is 6. The van der Waals surface area contributed by atoms with Crippen LogP contribution in [0, 0.1) is 11.6 Å². The maximum absolute atomic E-state index is 14.0. The Balaban J connectivity index is 1.25. The van der Waals surface area contributed by atoms with Crippen molar-refractivity contribution in [3.63, 3.8) is 0 Å². The average Bonchev–Trinajstić information content (AvgIpc) is 2.90. The van der Waals surface area contributed by atoms with E-state index in [0.717, 1.165) is 17.7 Å². The minimum absolute atomic E-state index is 0.0768. The number of ether oxygens (including phenoxy) is 2. The molecule has 1 aliphatic heterocycles. The van der Waals surface area contributed by atoms with Crippen LogP contribution in [0.2, 0.25) is 5.02 Å². The van der Waals surface area contributed by atoms with Gasteiger partial charge in [0.05, 0.1) is 23.2 Å². The molecule has 10 heteroatoms. The first-order valence-corrected chi connectivity index (χ1v) is 11.6. The predicted molar refractivity (Wildman–Crippen MR) is 132 cm³/mol. The van der Waals surface area contributed by atoms with Gasteiger partial charge in [-0.3, -0.25) is 9.59 Å². The topological polar surface area (TPSA) is 90.4 Å². The smallest absolute Gasteiger partial charge is 0.319 e. The van der Waals surface area contributed by atoms with Crippen LogP contribution < -0.4 is 14.8 Å². The number of rotatable bonds is 5. The summed E-state index contributed by atoms with van der Waals surface area (Å²) in [7, 11) is 0. The maximum Gasteiger partial charge on any atom is 0.319 e. The van der Waals surface area contributed by atoms with Gasteiger partial charge in [-0.25, -0.2) is 8.78 Å². The van der Waals surface area contributed by atoms with E-state index in [9.17, 15) is 18.4 Å². The molecule has 1 aliphatic rings. The van der Waals surface area contributed by atoms with Crippen LogP contribution in [0.4, 0.5) is 14.6 Å². The van der Waals surface area contributed by atoms with Crippen molar-refractivity contribution in [1.82, 2.24) is 10.2 Å². The molecule has 0 saturated carbocycles. The Bertz CT molecular complexity index is 1500. The summed E-state index contributed by atoms with van der Waals surface area (Å²) in [4.78, 5) is 25.5. The molecule has 37 heavy (non-hydrogen) atoms. The largest absolute Gasteiger partial charge is 0.493 e. The minimum atomic E-state index is -0.775. The lowest BCUT2D eigenvalue weighted by atomic mass is 9.93. The van der Waals surface area contributed by atoms with Crippen molar-refractivity contribution in [3.05, 3.63) is 101 Å². The fourth-order valence-electron chi connectivity index (χ4n) is 3.92. The van der Waals surface area contributed by atoms with Crippen LogP contribution in [0.1, 0.15) is 28.3 Å². The van der Waals surface area contributed by atoms with Crippen LogP contribution in [-0.4, -0.2) is 28.7 Å². The fourth-order valence-corrected chi connectivity index (χ4v) is 4.14. The van der Waals surface area contributed by atoms with E-state index >= 15 is 0 Å². The zero-order valence-electron chi connectivity index (χ0n) is 19.1. The van der Waals surface area contributed by atoms with Gasteiger partial charge < -0.3 is 14.8 Å². The molecule has 2 heterocycles. The second-order valence-electron chi connectivity index (χ2n) is 8.18. The number of carbonyl (C=O) groups excluding carboxylic acids is 2. The van der Waals surface area contributed by atoms with Gasteiger partial charge in [-0.05, 0) is 55.0 Å². The summed E-state index contributed by atoms with van der Waals surface area (Å²) in [6.45, 7) is 0.395. The molecule has 1 aromatic heterocycles. The van der Waals surface area contributed by atoms with Crippen LogP contribution in [0.25, 0.3) is 11.3 Å². The molecule has 1 N–H and O–H groups in total. The van der Waals surface area contributed by atoms with E-state index in [2.05, 4.69) is 15.5 Å². The number of aromatic nitrogens is 2. The van der Waals surface area contributed by atoms with E-state index in [1.54, 1.807) is 6.07 Å². The quantitative estimate of drug-likeness (QED) is 0.264. The van der Waals surface area contributed by atoms with Crippen LogP contribution in [-0.2, 0) is 4.79 Å². The number of nitrogens with one attached hydrogen (secondary N) is 1. The first kappa shape index (κ1) is 24.3. The highest BCUT2D eigenvalue weighted by Crippen LogP contribution is 2.35. The van der Waals surface area contributed by atoms with Gasteiger partial charge in [-0.2, -0.15) is 0 Å². The maximum atomic E-state index is 14.0. The average molecular weight is 522 g/mol. The number of esters is 1. The molecule has 0 radical (unpaired) electrons. The molecular weight excluding hydrogens is 504 g/mol. The van der Waals surface area contributed by atoms with Gasteiger partial charge in [0.2, 0.25) is 0 Å². The lowest BCUT2D eigenvalue weighted by Gasteiger charge is -2.24. The number of benzene rings is 3. The molecule has 0 saturated heterocycles. The summed E-state index contributed by atoms with van der Waals surface area (Å²) in [6, 6.07) is 17.5. The van der Waals surface area contributed by atoms with E-state index in [-0.39, 0.29) is 33.4 Å². The van der Waals surface area contributed by atoms with Crippen LogP contribution >= 0.6 is 11.6 Å². The lowest BCUT2D eigenvalue weighted by Crippen LogP contribution is -2.25. The Kier molecular flexibility index (Phi) is 6.78. The third-order valence-corrected chi connectivity index (χ3v) is 6.06. The van der Waals surface area contributed by atoms with Gasteiger partial charge in [0.15, 0.2) is 5.82 Å². The van der Waals surface area contributed by atoms with Crippen molar-refractivity contribution in [2.24, 2.45) is 0 Å². The predicted octanol–water partition coefficient (Wildman–Crippen LogP) is 5.80. The highest BCUT2D eigenvalue weighted by Gasteiger charge is 2.29. The Morgan fingerprint density at radius 1 is 1.00 bits per heavy atom. The number of anilines is 1. The normalized spacial score (nSPS) is 14.3. The highest BCUT2D eigenvalue weighted by atomic mass is 35.5. The molecule has 7 nitrogen and oxygen atoms in total. The molecule has 1 amide bonds. The van der Waals surface area contributed by atoms with Gasteiger partial charge in [-0.1, -0.05) is 29.8 Å². The number of carbonyl (C=O) groups is 2. The van der Waals surface area contributed by atoms with Crippen molar-refractivity contribution in [1.29, 1.82) is 0 Å². The first-order valence-electron chi connectivity index (χ1n) is 11.2. The monoisotopic (exact) mass is 521 g/mol. The van der Waals surface area contributed by atoms with Crippen molar-refractivity contribution < 1.29 is 27.8 Å². The summed E-state index contributed by atoms with van der Waals surface area (Å²) in [5.74, 6) is -2.09. The molecule has 0 fully saturated rings. The molecule has 0 spiro atoms. The van der Waals surface area contributed by atoms with Crippen molar-refractivity contribution in [2.75, 3.05) is 11.9 Å². The molecule has 1 unspecified atom stereocenters. The molecule has 0 bridgehead atoms. The summed E-state index contributed by atoms with van der Waals surface area (Å²) < 4.78 is 38.2. The summed E-state index contributed by atoms with van der Waals surface area (Å²) in [5, 5.41) is 10.4. The first-order chi connectivity index (χ1) is 17.9. The van der Waals surface area contributed by atoms with Gasteiger partial charge in [-0.15, -0.1) is 10.2 Å². The van der Waals surface area contributed by atoms with E-state index < -0.39 is 29.4 Å². The lowest BCUT2D eigenvalue weighted by molar-refractivity contribution is -0.136. The van der Waals surface area contributed by atoms with Crippen LogP contribution in [0.5, 0.6) is 11.5 Å². The second kappa shape index (κ2) is 10.3. The molecule has 5 rings (SSSR count). The van der Waals surface area contributed by atoms with Crippen molar-refractivity contribution in [2.45, 2.75) is 12.3 Å². The Morgan fingerprint density at radius 3 is 2.59 bits per heavy atom. The van der Waals surface area contributed by atoms with Crippen LogP contribution in [0.15, 0.2) is 72.8 Å². The molecule has 186 valence electrons. The zero-order chi connectivity index (χ0) is 25.9. The molecule has 0 aliphatic carbocycles. The van der Waals surface area contributed by atoms with Gasteiger partial charge in [0, 0.05) is 22.8 Å². The van der Waals surface area contributed by atoms with E-state index in [0.29, 0.717) is 18.8 Å². The number of hydrogen-bond donors (Lipinski definition) is 1. The van der Waals surface area contributed by atoms with Crippen LogP contribution in [0.3, 0.4) is 0 Å². The van der Waals surface area contributed by atoms with Gasteiger partial charge >= 0.3 is 5.97 Å². The summed E-state index contributed by atoms with van der Waals surface area (Å²) in [6.07, 6.45) is 0.474. The standard InChI is InChI=1S/C27H18ClF2N3O4/c28-20-13-15(5-9-24(20)37-27(35)18-11-12-36-23-4-2-1-3-17(18)23)26(34)31-25-10-8-22(32-33-25)19-7-6-16(29)14-21(19)30/h1-10,13-14,18H,11-12H2,(H,31,33,34). The molecule has 1 atom stereocenters. The minimum Gasteiger partial charge on any atom is -0.493 e. The van der Waals surface area contributed by atoms with E-state index in [1.165, 1.54) is 36.4 Å². The van der Waals surface area contributed by atoms with E-state index in [4.69, 9.17) is 21.1 Å². The molecule has 3 aromatic carbocycles. The van der Waals surface area contributed by atoms with E-state index in [1.807, 2.05) is 18.2 Å². The molecule has 4 aromatic rings. The number of nitrogens with zero attached hydrogens (tertiary/aromatic N) is 2. The number of para-hydroxylation sites is 1. The third kappa shape index (κ3) is 5.26. The third-order valence-electron chi connectivity index (χ3n) is 5.76. The Hall–Kier alpha value is -4.37. The SMILES string of the molecule is O=C(Nc1ccc(-c2ccc(F)cc2F)nn1)c1ccc(OC(=O)C2CCOc3ccccc32)c(Cl)c1. The summed E-state index contributed by atoms with van der Waals surface area (Å²) in [5.41, 5.74) is 1.20. The number of fused-ring (bicyclic) bond motifs is 1. The Labute approximate surface area is 215 Å². The summed E-state index contributed by atoms with van der Waals surface area (Å²) >= 11 is 6.30. The van der Waals surface area contributed by atoms with Crippen molar-refractivity contribution >= 4 is 29.3 Å². The fraction of sp³-hybridized carbons (Fsp3) is 0.111. The number of amides is 1. The highest BCUT2D eigenvalue weighted by molar-refractivity contribution is 6.32. The van der Waals surface area contributed by atoms with Gasteiger partial charge in [0.1, 0.15) is 23.1 Å². The molecular formula is C27H18ClF2N3O4. The van der Waals surface area contributed by atoms with Gasteiger partial charge in [0.25, 0.3) is 5.91 Å². The Morgan fingerprint density at radius 2 is 1.84 bits per heavy atom. The zero-order valence-corrected chi connectivity index (χ0v) is 19.8. The second-order valence-corrected chi connectivity index (χ2v) is 8.58. The number of halogens is 3.